The standard InChI is InChI=1S/C15H8F2O2/c16-10-3-1-2-9(6-10)15-8-13(18)12-7-11(17)4-5-14(12)19-15/h1-8H. The Kier molecular flexibility index (Phi) is 2.63. The summed E-state index contributed by atoms with van der Waals surface area (Å²) in [5.41, 5.74) is 0.372. The van der Waals surface area contributed by atoms with Crippen LogP contribution in [0.1, 0.15) is 0 Å². The van der Waals surface area contributed by atoms with Crippen molar-refractivity contribution in [1.82, 2.24) is 0 Å². The highest BCUT2D eigenvalue weighted by molar-refractivity contribution is 5.78. The Hall–Kier alpha value is -2.49. The molecule has 4 heteroatoms. The van der Waals surface area contributed by atoms with Crippen LogP contribution in [0.25, 0.3) is 22.3 Å². The van der Waals surface area contributed by atoms with Crippen LogP contribution in [-0.4, -0.2) is 0 Å². The van der Waals surface area contributed by atoms with Crippen LogP contribution in [0.4, 0.5) is 8.78 Å². The molecule has 0 N–H and O–H groups in total. The molecule has 0 aliphatic carbocycles. The molecule has 0 saturated heterocycles. The lowest BCUT2D eigenvalue weighted by Gasteiger charge is -2.03. The zero-order valence-electron chi connectivity index (χ0n) is 9.69. The summed E-state index contributed by atoms with van der Waals surface area (Å²) in [6, 6.07) is 10.7. The Morgan fingerprint density at radius 2 is 1.68 bits per heavy atom. The highest BCUT2D eigenvalue weighted by Gasteiger charge is 2.08. The predicted molar refractivity (Wildman–Crippen MR) is 67.8 cm³/mol. The zero-order valence-corrected chi connectivity index (χ0v) is 9.69. The first kappa shape index (κ1) is 11.6. The average Bonchev–Trinajstić information content (AvgIpc) is 2.39. The van der Waals surface area contributed by atoms with E-state index in [0.717, 1.165) is 6.07 Å². The van der Waals surface area contributed by atoms with Crippen molar-refractivity contribution in [3.63, 3.8) is 0 Å². The Morgan fingerprint density at radius 3 is 2.47 bits per heavy atom. The van der Waals surface area contributed by atoms with Gasteiger partial charge < -0.3 is 4.42 Å². The summed E-state index contributed by atoms with van der Waals surface area (Å²) in [5, 5.41) is 0.167. The second-order valence-electron chi connectivity index (χ2n) is 4.13. The van der Waals surface area contributed by atoms with E-state index in [2.05, 4.69) is 0 Å². The first-order chi connectivity index (χ1) is 9.13. The van der Waals surface area contributed by atoms with E-state index in [9.17, 15) is 13.6 Å². The van der Waals surface area contributed by atoms with E-state index in [1.54, 1.807) is 6.07 Å². The largest absolute Gasteiger partial charge is 0.456 e. The minimum atomic E-state index is -0.502. The van der Waals surface area contributed by atoms with E-state index < -0.39 is 11.6 Å². The van der Waals surface area contributed by atoms with E-state index in [-0.39, 0.29) is 22.2 Å². The van der Waals surface area contributed by atoms with Crippen molar-refractivity contribution >= 4 is 11.0 Å². The van der Waals surface area contributed by atoms with Gasteiger partial charge in [-0.1, -0.05) is 12.1 Å². The molecule has 0 bridgehead atoms. The maximum absolute atomic E-state index is 13.2. The molecule has 3 aromatic rings. The minimum absolute atomic E-state index is 0.167. The van der Waals surface area contributed by atoms with Crippen molar-refractivity contribution in [1.29, 1.82) is 0 Å². The Balaban J connectivity index is 2.27. The fourth-order valence-corrected chi connectivity index (χ4v) is 1.91. The van der Waals surface area contributed by atoms with Crippen LogP contribution in [0, 0.1) is 11.6 Å². The first-order valence-electron chi connectivity index (χ1n) is 5.63. The Morgan fingerprint density at radius 1 is 0.895 bits per heavy atom. The van der Waals surface area contributed by atoms with Crippen molar-refractivity contribution in [2.45, 2.75) is 0 Å². The zero-order chi connectivity index (χ0) is 13.4. The maximum atomic E-state index is 13.2. The van der Waals surface area contributed by atoms with Crippen molar-refractivity contribution in [2.75, 3.05) is 0 Å². The first-order valence-corrected chi connectivity index (χ1v) is 5.63. The van der Waals surface area contributed by atoms with Crippen molar-refractivity contribution < 1.29 is 13.2 Å². The van der Waals surface area contributed by atoms with Gasteiger partial charge >= 0.3 is 0 Å². The number of rotatable bonds is 1. The van der Waals surface area contributed by atoms with Gasteiger partial charge in [-0.25, -0.2) is 8.78 Å². The minimum Gasteiger partial charge on any atom is -0.456 e. The van der Waals surface area contributed by atoms with Crippen LogP contribution < -0.4 is 5.43 Å². The fourth-order valence-electron chi connectivity index (χ4n) is 1.91. The number of hydrogen-bond acceptors (Lipinski definition) is 2. The summed E-state index contributed by atoms with van der Waals surface area (Å²) < 4.78 is 31.7. The summed E-state index contributed by atoms with van der Waals surface area (Å²) in [6.07, 6.45) is 0. The van der Waals surface area contributed by atoms with E-state index in [1.165, 1.54) is 36.4 Å². The molecule has 1 heterocycles. The van der Waals surface area contributed by atoms with Gasteiger partial charge in [-0.05, 0) is 30.3 Å². The molecule has 0 unspecified atom stereocenters. The quantitative estimate of drug-likeness (QED) is 0.665. The van der Waals surface area contributed by atoms with Crippen molar-refractivity contribution in [2.24, 2.45) is 0 Å². The lowest BCUT2D eigenvalue weighted by atomic mass is 10.1. The lowest BCUT2D eigenvalue weighted by Crippen LogP contribution is -2.00. The van der Waals surface area contributed by atoms with Crippen LogP contribution >= 0.6 is 0 Å². The van der Waals surface area contributed by atoms with Gasteiger partial charge in [0, 0.05) is 11.6 Å². The number of benzene rings is 2. The van der Waals surface area contributed by atoms with Gasteiger partial charge in [0.15, 0.2) is 5.43 Å². The molecule has 0 radical (unpaired) electrons. The van der Waals surface area contributed by atoms with Gasteiger partial charge in [-0.15, -0.1) is 0 Å². The normalized spacial score (nSPS) is 10.8. The van der Waals surface area contributed by atoms with E-state index in [0.29, 0.717) is 5.56 Å². The summed E-state index contributed by atoms with van der Waals surface area (Å²) in [6.45, 7) is 0. The maximum Gasteiger partial charge on any atom is 0.193 e. The average molecular weight is 258 g/mol. The predicted octanol–water partition coefficient (Wildman–Crippen LogP) is 3.74. The van der Waals surface area contributed by atoms with Gasteiger partial charge in [0.2, 0.25) is 0 Å². The molecule has 0 aliphatic rings. The SMILES string of the molecule is O=c1cc(-c2cccc(F)c2)oc2ccc(F)cc12. The third kappa shape index (κ3) is 2.12. The molecule has 0 aliphatic heterocycles. The van der Waals surface area contributed by atoms with E-state index in [4.69, 9.17) is 4.42 Å². The van der Waals surface area contributed by atoms with Crippen LogP contribution in [0.2, 0.25) is 0 Å². The Labute approximate surface area is 106 Å². The molecule has 0 saturated carbocycles. The fraction of sp³-hybridized carbons (Fsp3) is 0. The smallest absolute Gasteiger partial charge is 0.193 e. The lowest BCUT2D eigenvalue weighted by molar-refractivity contribution is 0.605. The molecule has 19 heavy (non-hydrogen) atoms. The molecule has 0 spiro atoms. The van der Waals surface area contributed by atoms with Crippen LogP contribution in [-0.2, 0) is 0 Å². The molecule has 3 rings (SSSR count). The van der Waals surface area contributed by atoms with Crippen LogP contribution in [0.5, 0.6) is 0 Å². The molecular formula is C15H8F2O2. The van der Waals surface area contributed by atoms with Crippen LogP contribution in [0.15, 0.2) is 57.7 Å². The van der Waals surface area contributed by atoms with Crippen molar-refractivity contribution in [3.8, 4) is 11.3 Å². The summed E-state index contributed by atoms with van der Waals surface area (Å²) in [5.74, 6) is -0.665. The summed E-state index contributed by atoms with van der Waals surface area (Å²) in [7, 11) is 0. The second-order valence-corrected chi connectivity index (χ2v) is 4.13. The van der Waals surface area contributed by atoms with Crippen LogP contribution in [0.3, 0.4) is 0 Å². The summed E-state index contributed by atoms with van der Waals surface area (Å²) in [4.78, 5) is 11.9. The molecule has 94 valence electrons. The molecular weight excluding hydrogens is 250 g/mol. The monoisotopic (exact) mass is 258 g/mol. The second kappa shape index (κ2) is 4.31. The molecule has 0 atom stereocenters. The van der Waals surface area contributed by atoms with Gasteiger partial charge in [-0.3, -0.25) is 4.79 Å². The van der Waals surface area contributed by atoms with Gasteiger partial charge in [0.05, 0.1) is 5.39 Å². The van der Waals surface area contributed by atoms with Crippen molar-refractivity contribution in [3.05, 3.63) is 70.4 Å². The summed E-state index contributed by atoms with van der Waals surface area (Å²) >= 11 is 0. The topological polar surface area (TPSA) is 30.2 Å². The van der Waals surface area contributed by atoms with Gasteiger partial charge in [-0.2, -0.15) is 0 Å². The molecule has 1 aromatic heterocycles. The Bertz CT molecular complexity index is 822. The third-order valence-electron chi connectivity index (χ3n) is 2.80. The number of fused-ring (bicyclic) bond motifs is 1. The molecule has 0 amide bonds. The van der Waals surface area contributed by atoms with Gasteiger partial charge in [0.25, 0.3) is 0 Å². The van der Waals surface area contributed by atoms with E-state index in [1.807, 2.05) is 0 Å². The highest BCUT2D eigenvalue weighted by Crippen LogP contribution is 2.23. The highest BCUT2D eigenvalue weighted by atomic mass is 19.1. The number of hydrogen-bond donors (Lipinski definition) is 0. The molecule has 2 aromatic carbocycles. The van der Waals surface area contributed by atoms with E-state index >= 15 is 0 Å². The third-order valence-corrected chi connectivity index (χ3v) is 2.80. The molecule has 2 nitrogen and oxygen atoms in total. The molecule has 0 fully saturated rings. The van der Waals surface area contributed by atoms with Gasteiger partial charge in [0.1, 0.15) is 23.0 Å². The number of halogens is 2.